The number of nitrogens with one attached hydrogen (secondary N) is 2. The number of amides is 2. The third kappa shape index (κ3) is 4.79. The Labute approximate surface area is 149 Å². The maximum Gasteiger partial charge on any atom is 0.315 e. The van der Waals surface area contributed by atoms with Crippen LogP contribution in [0.5, 0.6) is 0 Å². The standard InChI is InChI=1S/C20H26N4O/c1-15-10-16(8-9-21-15)11-22-20(25)23-12-18-13-24(2)14-19(18)17-6-4-3-5-7-17/h3-10,18-19H,11-14H2,1-2H3,(H2,22,23,25)/t18-,19+/m1/s1. The van der Waals surface area contributed by atoms with Gasteiger partial charge in [0.1, 0.15) is 0 Å². The SMILES string of the molecule is Cc1cc(CNC(=O)NC[C@@H]2CN(C)C[C@H]2c2ccccc2)ccn1. The number of urea groups is 1. The third-order valence-corrected chi connectivity index (χ3v) is 4.79. The Kier molecular flexibility index (Phi) is 5.66. The monoisotopic (exact) mass is 338 g/mol. The number of rotatable bonds is 5. The molecule has 2 aromatic rings. The second-order valence-electron chi connectivity index (χ2n) is 6.87. The van der Waals surface area contributed by atoms with Crippen LogP contribution in [0, 0.1) is 12.8 Å². The number of hydrogen-bond donors (Lipinski definition) is 2. The van der Waals surface area contributed by atoms with Crippen LogP contribution in [0.4, 0.5) is 4.79 Å². The summed E-state index contributed by atoms with van der Waals surface area (Å²) in [6.07, 6.45) is 1.77. The van der Waals surface area contributed by atoms with Gasteiger partial charge in [0.2, 0.25) is 0 Å². The van der Waals surface area contributed by atoms with Gasteiger partial charge in [-0.3, -0.25) is 4.98 Å². The summed E-state index contributed by atoms with van der Waals surface area (Å²) in [6, 6.07) is 14.4. The van der Waals surface area contributed by atoms with Crippen LogP contribution in [0.1, 0.15) is 22.7 Å². The van der Waals surface area contributed by atoms with Crippen LogP contribution in [0.3, 0.4) is 0 Å². The lowest BCUT2D eigenvalue weighted by Crippen LogP contribution is -2.39. The van der Waals surface area contributed by atoms with Crippen molar-refractivity contribution in [2.24, 2.45) is 5.92 Å². The molecule has 1 aliphatic heterocycles. The van der Waals surface area contributed by atoms with Crippen molar-refractivity contribution in [1.82, 2.24) is 20.5 Å². The molecule has 0 bridgehead atoms. The predicted octanol–water partition coefficient (Wildman–Crippen LogP) is 2.53. The van der Waals surface area contributed by atoms with Gasteiger partial charge in [-0.05, 0) is 43.1 Å². The summed E-state index contributed by atoms with van der Waals surface area (Å²) >= 11 is 0. The summed E-state index contributed by atoms with van der Waals surface area (Å²) in [5, 5.41) is 5.96. The van der Waals surface area contributed by atoms with Crippen LogP contribution in [0.2, 0.25) is 0 Å². The molecule has 5 nitrogen and oxygen atoms in total. The Morgan fingerprint density at radius 2 is 2.00 bits per heavy atom. The molecule has 0 aliphatic carbocycles. The van der Waals surface area contributed by atoms with Crippen molar-refractivity contribution in [1.29, 1.82) is 0 Å². The molecule has 2 atom stereocenters. The lowest BCUT2D eigenvalue weighted by molar-refractivity contribution is 0.238. The predicted molar refractivity (Wildman–Crippen MR) is 99.4 cm³/mol. The van der Waals surface area contributed by atoms with Crippen LogP contribution in [0.25, 0.3) is 0 Å². The minimum atomic E-state index is -0.115. The van der Waals surface area contributed by atoms with Crippen LogP contribution in [-0.2, 0) is 6.54 Å². The van der Waals surface area contributed by atoms with Crippen LogP contribution < -0.4 is 10.6 Å². The molecule has 5 heteroatoms. The molecule has 25 heavy (non-hydrogen) atoms. The van der Waals surface area contributed by atoms with Crippen molar-refractivity contribution in [3.8, 4) is 0 Å². The summed E-state index contributed by atoms with van der Waals surface area (Å²) in [7, 11) is 2.14. The number of aryl methyl sites for hydroxylation is 1. The van der Waals surface area contributed by atoms with E-state index >= 15 is 0 Å². The molecule has 2 heterocycles. The molecular formula is C20H26N4O. The minimum absolute atomic E-state index is 0.115. The number of pyridine rings is 1. The molecule has 0 spiro atoms. The number of carbonyl (C=O) groups is 1. The number of carbonyl (C=O) groups excluding carboxylic acids is 1. The molecule has 1 aromatic carbocycles. The lowest BCUT2D eigenvalue weighted by atomic mass is 9.89. The zero-order valence-electron chi connectivity index (χ0n) is 14.9. The normalized spacial score (nSPS) is 20.4. The summed E-state index contributed by atoms with van der Waals surface area (Å²) in [5.41, 5.74) is 3.37. The smallest absolute Gasteiger partial charge is 0.315 e. The van der Waals surface area contributed by atoms with E-state index in [2.05, 4.69) is 51.8 Å². The largest absolute Gasteiger partial charge is 0.338 e. The van der Waals surface area contributed by atoms with Crippen molar-refractivity contribution in [3.05, 3.63) is 65.5 Å². The van der Waals surface area contributed by atoms with E-state index in [1.165, 1.54) is 5.56 Å². The van der Waals surface area contributed by atoms with Crippen molar-refractivity contribution in [2.75, 3.05) is 26.7 Å². The molecular weight excluding hydrogens is 312 g/mol. The second kappa shape index (κ2) is 8.12. The van der Waals surface area contributed by atoms with Gasteiger partial charge in [0.05, 0.1) is 0 Å². The first-order valence-corrected chi connectivity index (χ1v) is 8.78. The molecule has 1 aromatic heterocycles. The van der Waals surface area contributed by atoms with E-state index in [4.69, 9.17) is 0 Å². The number of aromatic nitrogens is 1. The third-order valence-electron chi connectivity index (χ3n) is 4.79. The highest BCUT2D eigenvalue weighted by Crippen LogP contribution is 2.31. The number of nitrogens with zero attached hydrogens (tertiary/aromatic N) is 2. The summed E-state index contributed by atoms with van der Waals surface area (Å²) in [4.78, 5) is 18.6. The molecule has 2 N–H and O–H groups in total. The van der Waals surface area contributed by atoms with Crippen molar-refractivity contribution in [3.63, 3.8) is 0 Å². The molecule has 1 saturated heterocycles. The van der Waals surface area contributed by atoms with E-state index in [0.717, 1.165) is 24.3 Å². The number of hydrogen-bond acceptors (Lipinski definition) is 3. The zero-order valence-corrected chi connectivity index (χ0v) is 14.9. The molecule has 132 valence electrons. The van der Waals surface area contributed by atoms with Gasteiger partial charge in [-0.1, -0.05) is 30.3 Å². The first-order chi connectivity index (χ1) is 12.1. The van der Waals surface area contributed by atoms with E-state index in [1.807, 2.05) is 25.1 Å². The molecule has 2 amide bonds. The highest BCUT2D eigenvalue weighted by atomic mass is 16.2. The van der Waals surface area contributed by atoms with Crippen molar-refractivity contribution >= 4 is 6.03 Å². The molecule has 0 unspecified atom stereocenters. The first-order valence-electron chi connectivity index (χ1n) is 8.78. The Morgan fingerprint density at radius 3 is 2.76 bits per heavy atom. The lowest BCUT2D eigenvalue weighted by Gasteiger charge is -2.19. The van der Waals surface area contributed by atoms with E-state index in [9.17, 15) is 4.79 Å². The van der Waals surface area contributed by atoms with Gasteiger partial charge in [-0.25, -0.2) is 4.79 Å². The summed E-state index contributed by atoms with van der Waals surface area (Å²) < 4.78 is 0. The van der Waals surface area contributed by atoms with Gasteiger partial charge in [0.25, 0.3) is 0 Å². The number of benzene rings is 1. The Balaban J connectivity index is 1.50. The van der Waals surface area contributed by atoms with Crippen LogP contribution >= 0.6 is 0 Å². The number of likely N-dealkylation sites (N-methyl/N-ethyl adjacent to an activating group) is 1. The molecule has 0 radical (unpaired) electrons. The van der Waals surface area contributed by atoms with Crippen LogP contribution in [-0.4, -0.2) is 42.6 Å². The Morgan fingerprint density at radius 1 is 1.20 bits per heavy atom. The summed E-state index contributed by atoms with van der Waals surface area (Å²) in [6.45, 7) is 5.19. The van der Waals surface area contributed by atoms with Crippen LogP contribution in [0.15, 0.2) is 48.7 Å². The quantitative estimate of drug-likeness (QED) is 0.881. The fourth-order valence-corrected chi connectivity index (χ4v) is 3.55. The highest BCUT2D eigenvalue weighted by Gasteiger charge is 2.31. The highest BCUT2D eigenvalue weighted by molar-refractivity contribution is 5.73. The van der Waals surface area contributed by atoms with E-state index in [-0.39, 0.29) is 6.03 Å². The topological polar surface area (TPSA) is 57.3 Å². The maximum atomic E-state index is 12.1. The molecule has 1 fully saturated rings. The van der Waals surface area contributed by atoms with Crippen molar-refractivity contribution < 1.29 is 4.79 Å². The first kappa shape index (κ1) is 17.4. The Hall–Kier alpha value is -2.40. The van der Waals surface area contributed by atoms with Gasteiger partial charge in [-0.15, -0.1) is 0 Å². The zero-order chi connectivity index (χ0) is 17.6. The molecule has 1 aliphatic rings. The number of likely N-dealkylation sites (tertiary alicyclic amines) is 1. The summed E-state index contributed by atoms with van der Waals surface area (Å²) in [5.74, 6) is 0.899. The van der Waals surface area contributed by atoms with Gasteiger partial charge < -0.3 is 15.5 Å². The average Bonchev–Trinajstić information content (AvgIpc) is 3.00. The minimum Gasteiger partial charge on any atom is -0.338 e. The maximum absolute atomic E-state index is 12.1. The van der Waals surface area contributed by atoms with E-state index < -0.39 is 0 Å². The van der Waals surface area contributed by atoms with Gasteiger partial charge in [0.15, 0.2) is 0 Å². The Bertz CT molecular complexity index is 704. The second-order valence-corrected chi connectivity index (χ2v) is 6.87. The van der Waals surface area contributed by atoms with Gasteiger partial charge >= 0.3 is 6.03 Å². The van der Waals surface area contributed by atoms with Gasteiger partial charge in [0, 0.05) is 44.0 Å². The molecule has 3 rings (SSSR count). The fraction of sp³-hybridized carbons (Fsp3) is 0.400. The van der Waals surface area contributed by atoms with E-state index in [1.54, 1.807) is 6.20 Å². The fourth-order valence-electron chi connectivity index (χ4n) is 3.55. The molecule has 0 saturated carbocycles. The van der Waals surface area contributed by atoms with Gasteiger partial charge in [-0.2, -0.15) is 0 Å². The average molecular weight is 338 g/mol. The van der Waals surface area contributed by atoms with E-state index in [0.29, 0.717) is 24.9 Å². The van der Waals surface area contributed by atoms with Crippen molar-refractivity contribution in [2.45, 2.75) is 19.4 Å².